The van der Waals surface area contributed by atoms with Gasteiger partial charge in [-0.15, -0.1) is 0 Å². The number of aliphatic hydroxyl groups is 1. The summed E-state index contributed by atoms with van der Waals surface area (Å²) in [7, 11) is 0. The lowest BCUT2D eigenvalue weighted by Crippen LogP contribution is -2.54. The molecule has 0 aromatic heterocycles. The maximum Gasteiger partial charge on any atom is 0.407 e. The molecule has 178 valence electrons. The Labute approximate surface area is 188 Å². The van der Waals surface area contributed by atoms with Crippen LogP contribution in [0.5, 0.6) is 0 Å². The van der Waals surface area contributed by atoms with E-state index in [1.54, 1.807) is 13.8 Å². The highest BCUT2D eigenvalue weighted by Crippen LogP contribution is 2.16. The molecule has 1 heterocycles. The van der Waals surface area contributed by atoms with Crippen LogP contribution in [0.15, 0.2) is 41.6 Å². The highest BCUT2D eigenvalue weighted by Gasteiger charge is 2.30. The summed E-state index contributed by atoms with van der Waals surface area (Å²) in [6.45, 7) is 4.45. The zero-order chi connectivity index (χ0) is 23.4. The number of carbonyl (C=O) groups excluding carboxylic acids is 2. The minimum Gasteiger partial charge on any atom is -0.445 e. The number of alkyl carbamates (subject to hydrolysis) is 1. The largest absolute Gasteiger partial charge is 0.445 e. The fourth-order valence-corrected chi connectivity index (χ4v) is 2.83. The topological polar surface area (TPSA) is 144 Å². The molecule has 0 aliphatic carbocycles. The van der Waals surface area contributed by atoms with Crippen LogP contribution in [0.4, 0.5) is 4.79 Å². The molecule has 1 aromatic rings. The molecule has 1 atom stereocenters. The highest BCUT2D eigenvalue weighted by molar-refractivity contribution is 5.85. The molecule has 1 aliphatic heterocycles. The van der Waals surface area contributed by atoms with E-state index in [1.807, 2.05) is 30.3 Å². The van der Waals surface area contributed by atoms with Crippen LogP contribution in [0.1, 0.15) is 32.3 Å². The SMILES string of the molecule is CC(C)(N)C(=O)N[C@H](COCc1ccccc1)C1=C(COC(=O)NCCCCO)CON1. The zero-order valence-corrected chi connectivity index (χ0v) is 18.7. The first-order chi connectivity index (χ1) is 15.3. The van der Waals surface area contributed by atoms with E-state index in [9.17, 15) is 9.59 Å². The fourth-order valence-electron chi connectivity index (χ4n) is 2.83. The third kappa shape index (κ3) is 8.83. The Kier molecular flexibility index (Phi) is 10.4. The maximum absolute atomic E-state index is 12.5. The van der Waals surface area contributed by atoms with Gasteiger partial charge in [-0.2, -0.15) is 0 Å². The lowest BCUT2D eigenvalue weighted by molar-refractivity contribution is -0.126. The average molecular weight is 451 g/mol. The molecule has 0 spiro atoms. The molecule has 32 heavy (non-hydrogen) atoms. The van der Waals surface area contributed by atoms with E-state index in [4.69, 9.17) is 25.2 Å². The summed E-state index contributed by atoms with van der Waals surface area (Å²) < 4.78 is 11.1. The number of ether oxygens (including phenoxy) is 2. The second kappa shape index (κ2) is 13.0. The number of rotatable bonds is 13. The molecule has 0 unspecified atom stereocenters. The molecule has 0 radical (unpaired) electrons. The summed E-state index contributed by atoms with van der Waals surface area (Å²) in [6, 6.07) is 9.11. The van der Waals surface area contributed by atoms with E-state index < -0.39 is 17.7 Å². The molecule has 1 aromatic carbocycles. The van der Waals surface area contributed by atoms with Gasteiger partial charge in [0.05, 0.1) is 30.5 Å². The fraction of sp³-hybridized carbons (Fsp3) is 0.545. The van der Waals surface area contributed by atoms with Gasteiger partial charge in [-0.1, -0.05) is 30.3 Å². The summed E-state index contributed by atoms with van der Waals surface area (Å²) in [5.74, 6) is -0.353. The Morgan fingerprint density at radius 2 is 2.00 bits per heavy atom. The number of hydroxylamine groups is 1. The molecular formula is C22H34N4O6. The number of amides is 2. The first-order valence-electron chi connectivity index (χ1n) is 10.6. The normalized spacial score (nSPS) is 14.6. The van der Waals surface area contributed by atoms with Gasteiger partial charge in [0, 0.05) is 18.7 Å². The molecule has 0 saturated carbocycles. The van der Waals surface area contributed by atoms with E-state index in [0.29, 0.717) is 37.3 Å². The summed E-state index contributed by atoms with van der Waals surface area (Å²) in [5.41, 5.74) is 9.91. The van der Waals surface area contributed by atoms with Gasteiger partial charge in [0.15, 0.2) is 0 Å². The van der Waals surface area contributed by atoms with Crippen LogP contribution in [0.25, 0.3) is 0 Å². The van der Waals surface area contributed by atoms with E-state index in [-0.39, 0.29) is 32.3 Å². The van der Waals surface area contributed by atoms with Crippen molar-refractivity contribution in [3.63, 3.8) is 0 Å². The van der Waals surface area contributed by atoms with Gasteiger partial charge >= 0.3 is 6.09 Å². The minimum absolute atomic E-state index is 0.00869. The quantitative estimate of drug-likeness (QED) is 0.277. The van der Waals surface area contributed by atoms with Gasteiger partial charge in [-0.3, -0.25) is 15.1 Å². The predicted molar refractivity (Wildman–Crippen MR) is 118 cm³/mol. The molecule has 0 saturated heterocycles. The summed E-state index contributed by atoms with van der Waals surface area (Å²) in [6.07, 6.45) is 0.701. The van der Waals surface area contributed by atoms with Crippen molar-refractivity contribution < 1.29 is 29.0 Å². The molecule has 6 N–H and O–H groups in total. The van der Waals surface area contributed by atoms with Crippen LogP contribution >= 0.6 is 0 Å². The van der Waals surface area contributed by atoms with Gasteiger partial charge < -0.3 is 30.9 Å². The molecule has 0 fully saturated rings. The molecule has 10 nitrogen and oxygen atoms in total. The molecule has 10 heteroatoms. The Morgan fingerprint density at radius 1 is 1.25 bits per heavy atom. The van der Waals surface area contributed by atoms with Crippen molar-refractivity contribution >= 4 is 12.0 Å². The monoisotopic (exact) mass is 450 g/mol. The number of hydrogen-bond donors (Lipinski definition) is 5. The second-order valence-corrected chi connectivity index (χ2v) is 8.09. The first kappa shape index (κ1) is 25.6. The van der Waals surface area contributed by atoms with E-state index in [2.05, 4.69) is 16.1 Å². The van der Waals surface area contributed by atoms with E-state index >= 15 is 0 Å². The van der Waals surface area contributed by atoms with Crippen molar-refractivity contribution in [2.45, 2.75) is 44.9 Å². The lowest BCUT2D eigenvalue weighted by Gasteiger charge is -2.25. The van der Waals surface area contributed by atoms with Crippen molar-refractivity contribution in [1.82, 2.24) is 16.1 Å². The molecule has 0 bridgehead atoms. The lowest BCUT2D eigenvalue weighted by atomic mass is 10.0. The predicted octanol–water partition coefficient (Wildman–Crippen LogP) is 0.713. The Bertz CT molecular complexity index is 763. The summed E-state index contributed by atoms with van der Waals surface area (Å²) >= 11 is 0. The first-order valence-corrected chi connectivity index (χ1v) is 10.6. The Hall–Kier alpha value is -2.66. The van der Waals surface area contributed by atoms with E-state index in [1.165, 1.54) is 0 Å². The molecular weight excluding hydrogens is 416 g/mol. The molecule has 2 amide bonds. The zero-order valence-electron chi connectivity index (χ0n) is 18.7. The number of hydrogen-bond acceptors (Lipinski definition) is 8. The van der Waals surface area contributed by atoms with Gasteiger partial charge in [0.25, 0.3) is 0 Å². The van der Waals surface area contributed by atoms with Crippen molar-refractivity contribution in [1.29, 1.82) is 0 Å². The van der Waals surface area contributed by atoms with Crippen molar-refractivity contribution in [2.75, 3.05) is 33.0 Å². The van der Waals surface area contributed by atoms with Gasteiger partial charge in [-0.25, -0.2) is 4.79 Å². The number of benzene rings is 1. The van der Waals surface area contributed by atoms with Crippen LogP contribution in [0.3, 0.4) is 0 Å². The van der Waals surface area contributed by atoms with Gasteiger partial charge in [0.1, 0.15) is 13.2 Å². The minimum atomic E-state index is -1.08. The van der Waals surface area contributed by atoms with Crippen molar-refractivity contribution in [3.8, 4) is 0 Å². The molecule has 2 rings (SSSR count). The Balaban J connectivity index is 2.00. The smallest absolute Gasteiger partial charge is 0.407 e. The number of aliphatic hydroxyl groups excluding tert-OH is 1. The van der Waals surface area contributed by atoms with Crippen molar-refractivity contribution in [3.05, 3.63) is 47.2 Å². The summed E-state index contributed by atoms with van der Waals surface area (Å²) in [4.78, 5) is 29.7. The number of unbranched alkanes of at least 4 members (excludes halogenated alkanes) is 1. The van der Waals surface area contributed by atoms with Crippen LogP contribution in [0.2, 0.25) is 0 Å². The summed E-state index contributed by atoms with van der Waals surface area (Å²) in [5, 5.41) is 14.3. The number of nitrogens with one attached hydrogen (secondary N) is 3. The van der Waals surface area contributed by atoms with Crippen LogP contribution < -0.4 is 21.8 Å². The van der Waals surface area contributed by atoms with Gasteiger partial charge in [0.2, 0.25) is 5.91 Å². The van der Waals surface area contributed by atoms with E-state index in [0.717, 1.165) is 5.56 Å². The van der Waals surface area contributed by atoms with Crippen LogP contribution in [-0.2, 0) is 25.7 Å². The van der Waals surface area contributed by atoms with Gasteiger partial charge in [-0.05, 0) is 32.3 Å². The number of nitrogens with two attached hydrogens (primary N) is 1. The standard InChI is InChI=1S/C22H34N4O6/c1-22(2,23)20(28)25-18(15-30-12-16-8-4-3-5-9-16)19-17(14-32-26-19)13-31-21(29)24-10-6-7-11-27/h3-5,8-9,18,26-27H,6-7,10-15,23H2,1-2H3,(H,24,29)(H,25,28)/t18-/m1/s1. The van der Waals surface area contributed by atoms with Crippen molar-refractivity contribution in [2.24, 2.45) is 5.73 Å². The average Bonchev–Trinajstić information content (AvgIpc) is 3.23. The second-order valence-electron chi connectivity index (χ2n) is 8.09. The molecule has 1 aliphatic rings. The van der Waals surface area contributed by atoms with Crippen LogP contribution in [0, 0.1) is 0 Å². The van der Waals surface area contributed by atoms with Crippen LogP contribution in [-0.4, -0.2) is 61.7 Å². The maximum atomic E-state index is 12.5. The number of carbonyl (C=O) groups is 2. The third-order valence-corrected chi connectivity index (χ3v) is 4.68. The third-order valence-electron chi connectivity index (χ3n) is 4.68. The highest BCUT2D eigenvalue weighted by atomic mass is 16.7. The Morgan fingerprint density at radius 3 is 2.69 bits per heavy atom.